The second-order valence-corrected chi connectivity index (χ2v) is 7.57. The Hall–Kier alpha value is -3.92. The smallest absolute Gasteiger partial charge is 0.343 e. The van der Waals surface area contributed by atoms with Crippen molar-refractivity contribution >= 4 is 11.9 Å². The molecule has 0 N–H and O–H groups in total. The molecule has 0 radical (unpaired) electrons. The number of benzene rings is 3. The van der Waals surface area contributed by atoms with Crippen LogP contribution in [0.3, 0.4) is 0 Å². The summed E-state index contributed by atoms with van der Waals surface area (Å²) < 4.78 is 11.3. The molecular formula is C28H26O4. The number of carbonyl (C=O) groups excluding carboxylic acids is 2. The number of ether oxygens (including phenoxy) is 2. The Kier molecular flexibility index (Phi) is 7.40. The van der Waals surface area contributed by atoms with Crippen LogP contribution in [0.1, 0.15) is 43.0 Å². The SMILES string of the molecule is C=CCc1ccc(C)cc1OC(=O)c1cccc(C(=O)Oc2cc(C)ccc2CC=C)c1. The molecule has 0 unspecified atom stereocenters. The lowest BCUT2D eigenvalue weighted by Crippen LogP contribution is -2.14. The number of hydrogen-bond acceptors (Lipinski definition) is 4. The van der Waals surface area contributed by atoms with Gasteiger partial charge in [-0.15, -0.1) is 13.2 Å². The first-order chi connectivity index (χ1) is 15.4. The zero-order valence-corrected chi connectivity index (χ0v) is 18.4. The summed E-state index contributed by atoms with van der Waals surface area (Å²) >= 11 is 0. The molecule has 0 aromatic heterocycles. The standard InChI is InChI=1S/C28H26O4/c1-5-8-21-14-12-19(3)16-25(21)31-27(29)23-10-7-11-24(18-23)28(30)32-26-17-20(4)13-15-22(26)9-6-2/h5-7,10-18H,1-2,8-9H2,3-4H3. The van der Waals surface area contributed by atoms with Crippen LogP contribution in [0.15, 0.2) is 86.0 Å². The molecule has 0 saturated carbocycles. The fourth-order valence-electron chi connectivity index (χ4n) is 3.25. The summed E-state index contributed by atoms with van der Waals surface area (Å²) in [4.78, 5) is 25.6. The Morgan fingerprint density at radius 3 is 1.56 bits per heavy atom. The molecule has 162 valence electrons. The van der Waals surface area contributed by atoms with E-state index in [4.69, 9.17) is 9.47 Å². The molecule has 0 fully saturated rings. The van der Waals surface area contributed by atoms with Crippen LogP contribution in [0.25, 0.3) is 0 Å². The quantitative estimate of drug-likeness (QED) is 0.244. The second kappa shape index (κ2) is 10.4. The van der Waals surface area contributed by atoms with Gasteiger partial charge in [-0.1, -0.05) is 42.5 Å². The zero-order valence-electron chi connectivity index (χ0n) is 18.4. The fourth-order valence-corrected chi connectivity index (χ4v) is 3.25. The number of carbonyl (C=O) groups is 2. The molecule has 4 nitrogen and oxygen atoms in total. The second-order valence-electron chi connectivity index (χ2n) is 7.57. The Balaban J connectivity index is 1.81. The normalized spacial score (nSPS) is 10.3. The maximum atomic E-state index is 12.8. The van der Waals surface area contributed by atoms with Crippen molar-refractivity contribution in [3.05, 3.63) is 119 Å². The summed E-state index contributed by atoms with van der Waals surface area (Å²) in [5, 5.41) is 0. The lowest BCUT2D eigenvalue weighted by molar-refractivity contribution is 0.0733. The summed E-state index contributed by atoms with van der Waals surface area (Å²) in [6, 6.07) is 17.7. The van der Waals surface area contributed by atoms with Crippen LogP contribution < -0.4 is 9.47 Å². The van der Waals surface area contributed by atoms with Crippen LogP contribution in [0.4, 0.5) is 0 Å². The number of aryl methyl sites for hydroxylation is 2. The Labute approximate surface area is 188 Å². The molecular weight excluding hydrogens is 400 g/mol. The molecule has 0 aliphatic rings. The largest absolute Gasteiger partial charge is 0.423 e. The third kappa shape index (κ3) is 5.61. The van der Waals surface area contributed by atoms with Crippen LogP contribution in [0.2, 0.25) is 0 Å². The van der Waals surface area contributed by atoms with E-state index in [0.717, 1.165) is 22.3 Å². The predicted octanol–water partition coefficient (Wildman–Crippen LogP) is 6.20. The van der Waals surface area contributed by atoms with Crippen LogP contribution in [0.5, 0.6) is 11.5 Å². The molecule has 3 aromatic carbocycles. The van der Waals surface area contributed by atoms with Crippen molar-refractivity contribution in [1.82, 2.24) is 0 Å². The van der Waals surface area contributed by atoms with Gasteiger partial charge in [0.15, 0.2) is 0 Å². The van der Waals surface area contributed by atoms with Gasteiger partial charge in [0.05, 0.1) is 11.1 Å². The highest BCUT2D eigenvalue weighted by Crippen LogP contribution is 2.24. The van der Waals surface area contributed by atoms with Gasteiger partial charge in [-0.3, -0.25) is 0 Å². The average molecular weight is 427 g/mol. The zero-order chi connectivity index (χ0) is 23.1. The van der Waals surface area contributed by atoms with Gasteiger partial charge in [-0.05, 0) is 79.3 Å². The molecule has 0 heterocycles. The molecule has 0 spiro atoms. The van der Waals surface area contributed by atoms with E-state index in [2.05, 4.69) is 13.2 Å². The average Bonchev–Trinajstić information content (AvgIpc) is 2.77. The molecule has 0 amide bonds. The summed E-state index contributed by atoms with van der Waals surface area (Å²) in [7, 11) is 0. The van der Waals surface area contributed by atoms with E-state index in [1.165, 1.54) is 6.07 Å². The first-order valence-electron chi connectivity index (χ1n) is 10.4. The molecule has 0 aliphatic carbocycles. The number of allylic oxidation sites excluding steroid dienone is 2. The maximum Gasteiger partial charge on any atom is 0.343 e. The highest BCUT2D eigenvalue weighted by molar-refractivity contribution is 5.97. The topological polar surface area (TPSA) is 52.6 Å². The van der Waals surface area contributed by atoms with Gasteiger partial charge in [0.25, 0.3) is 0 Å². The van der Waals surface area contributed by atoms with Crippen molar-refractivity contribution in [2.75, 3.05) is 0 Å². The molecule has 0 atom stereocenters. The first kappa shape index (κ1) is 22.8. The van der Waals surface area contributed by atoms with Crippen molar-refractivity contribution in [2.24, 2.45) is 0 Å². The summed E-state index contributed by atoms with van der Waals surface area (Å²) in [5.41, 5.74) is 4.22. The molecule has 3 rings (SSSR count). The highest BCUT2D eigenvalue weighted by atomic mass is 16.5. The van der Waals surface area contributed by atoms with E-state index in [0.29, 0.717) is 24.3 Å². The van der Waals surface area contributed by atoms with E-state index in [9.17, 15) is 9.59 Å². The Morgan fingerprint density at radius 1 is 0.719 bits per heavy atom. The van der Waals surface area contributed by atoms with Crippen molar-refractivity contribution in [3.8, 4) is 11.5 Å². The van der Waals surface area contributed by atoms with Gasteiger partial charge in [0.2, 0.25) is 0 Å². The minimum Gasteiger partial charge on any atom is -0.423 e. The number of rotatable bonds is 8. The van der Waals surface area contributed by atoms with Crippen LogP contribution in [-0.2, 0) is 12.8 Å². The van der Waals surface area contributed by atoms with Gasteiger partial charge in [-0.25, -0.2) is 9.59 Å². The van der Waals surface area contributed by atoms with Crippen molar-refractivity contribution in [2.45, 2.75) is 26.7 Å². The molecule has 4 heteroatoms. The third-order valence-electron chi connectivity index (χ3n) is 4.91. The van der Waals surface area contributed by atoms with E-state index in [1.54, 1.807) is 30.4 Å². The Morgan fingerprint density at radius 2 is 1.16 bits per heavy atom. The van der Waals surface area contributed by atoms with Crippen molar-refractivity contribution in [3.63, 3.8) is 0 Å². The highest BCUT2D eigenvalue weighted by Gasteiger charge is 2.16. The fraction of sp³-hybridized carbons (Fsp3) is 0.143. The number of esters is 2. The minimum absolute atomic E-state index is 0.265. The minimum atomic E-state index is -0.543. The third-order valence-corrected chi connectivity index (χ3v) is 4.91. The van der Waals surface area contributed by atoms with Crippen LogP contribution in [-0.4, -0.2) is 11.9 Å². The molecule has 0 aliphatic heterocycles. The molecule has 32 heavy (non-hydrogen) atoms. The summed E-state index contributed by atoms with van der Waals surface area (Å²) in [5.74, 6) is -0.120. The monoisotopic (exact) mass is 426 g/mol. The van der Waals surface area contributed by atoms with Gasteiger partial charge in [0, 0.05) is 0 Å². The summed E-state index contributed by atoms with van der Waals surface area (Å²) in [6.45, 7) is 11.4. The molecule has 0 bridgehead atoms. The Bertz CT molecular complexity index is 1090. The summed E-state index contributed by atoms with van der Waals surface area (Å²) in [6.07, 6.45) is 4.67. The van der Waals surface area contributed by atoms with Crippen molar-refractivity contribution < 1.29 is 19.1 Å². The molecule has 3 aromatic rings. The van der Waals surface area contributed by atoms with Gasteiger partial charge < -0.3 is 9.47 Å². The van der Waals surface area contributed by atoms with Crippen LogP contribution >= 0.6 is 0 Å². The van der Waals surface area contributed by atoms with Gasteiger partial charge in [-0.2, -0.15) is 0 Å². The maximum absolute atomic E-state index is 12.8. The lowest BCUT2D eigenvalue weighted by atomic mass is 10.1. The van der Waals surface area contributed by atoms with Crippen molar-refractivity contribution in [1.29, 1.82) is 0 Å². The lowest BCUT2D eigenvalue weighted by Gasteiger charge is -2.12. The van der Waals surface area contributed by atoms with Gasteiger partial charge in [0.1, 0.15) is 11.5 Å². The van der Waals surface area contributed by atoms with Gasteiger partial charge >= 0.3 is 11.9 Å². The van der Waals surface area contributed by atoms with E-state index in [1.807, 2.05) is 50.2 Å². The van der Waals surface area contributed by atoms with E-state index in [-0.39, 0.29) is 11.1 Å². The number of hydrogen-bond donors (Lipinski definition) is 0. The van der Waals surface area contributed by atoms with E-state index < -0.39 is 11.9 Å². The van der Waals surface area contributed by atoms with E-state index >= 15 is 0 Å². The first-order valence-corrected chi connectivity index (χ1v) is 10.4. The van der Waals surface area contributed by atoms with Crippen LogP contribution in [0, 0.1) is 13.8 Å². The predicted molar refractivity (Wildman–Crippen MR) is 127 cm³/mol. The molecule has 0 saturated heterocycles.